The van der Waals surface area contributed by atoms with Gasteiger partial charge in [-0.2, -0.15) is 5.10 Å². The lowest BCUT2D eigenvalue weighted by Gasteiger charge is -2.38. The Balaban J connectivity index is 1.67. The first kappa shape index (κ1) is 19.8. The van der Waals surface area contributed by atoms with E-state index >= 15 is 0 Å². The summed E-state index contributed by atoms with van der Waals surface area (Å²) in [6, 6.07) is 10.4. The topological polar surface area (TPSA) is 58.4 Å². The number of benzene rings is 2. The molecule has 0 N–H and O–H groups in total. The van der Waals surface area contributed by atoms with Crippen LogP contribution in [-0.4, -0.2) is 54.9 Å². The molecule has 154 valence electrons. The summed E-state index contributed by atoms with van der Waals surface area (Å²) < 4.78 is 40.4. The van der Waals surface area contributed by atoms with Crippen LogP contribution < -0.4 is 4.90 Å². The number of halogens is 1. The highest BCUT2D eigenvalue weighted by Gasteiger charge is 2.28. The van der Waals surface area contributed by atoms with Gasteiger partial charge in [0.2, 0.25) is 10.0 Å². The van der Waals surface area contributed by atoms with Crippen LogP contribution >= 0.6 is 0 Å². The van der Waals surface area contributed by atoms with Gasteiger partial charge < -0.3 is 4.90 Å². The number of hydrogen-bond donors (Lipinski definition) is 0. The van der Waals surface area contributed by atoms with Crippen LogP contribution in [0.5, 0.6) is 0 Å². The van der Waals surface area contributed by atoms with E-state index in [9.17, 15) is 12.8 Å². The van der Waals surface area contributed by atoms with Crippen LogP contribution in [0.2, 0.25) is 0 Å². The maximum absolute atomic E-state index is 13.3. The first-order chi connectivity index (χ1) is 13.7. The molecule has 1 fully saturated rings. The van der Waals surface area contributed by atoms with Gasteiger partial charge >= 0.3 is 0 Å². The highest BCUT2D eigenvalue weighted by atomic mass is 32.2. The lowest BCUT2D eigenvalue weighted by Crippen LogP contribution is -2.48. The van der Waals surface area contributed by atoms with Crippen molar-refractivity contribution in [1.29, 1.82) is 0 Å². The number of nitrogens with zero attached hydrogens (tertiary/aromatic N) is 4. The zero-order valence-corrected chi connectivity index (χ0v) is 17.7. The summed E-state index contributed by atoms with van der Waals surface area (Å²) in [6.45, 7) is 3.62. The van der Waals surface area contributed by atoms with Crippen molar-refractivity contribution in [3.63, 3.8) is 0 Å². The molecule has 0 aliphatic carbocycles. The van der Waals surface area contributed by atoms with Gasteiger partial charge in [-0.25, -0.2) is 21.8 Å². The average Bonchev–Trinajstić information content (AvgIpc) is 3.09. The van der Waals surface area contributed by atoms with Crippen molar-refractivity contribution in [3.05, 3.63) is 54.0 Å². The summed E-state index contributed by atoms with van der Waals surface area (Å²) in [4.78, 5) is 2.26. The van der Waals surface area contributed by atoms with Crippen molar-refractivity contribution in [2.24, 2.45) is 0 Å². The molecule has 0 spiro atoms. The monoisotopic (exact) mass is 416 g/mol. The summed E-state index contributed by atoms with van der Waals surface area (Å²) in [5, 5.41) is 5.48. The van der Waals surface area contributed by atoms with E-state index in [2.05, 4.69) is 29.1 Å². The first-order valence-electron chi connectivity index (χ1n) is 9.66. The van der Waals surface area contributed by atoms with Gasteiger partial charge in [-0.1, -0.05) is 0 Å². The second-order valence-corrected chi connectivity index (χ2v) is 9.79. The standard InChI is InChI=1S/C21H25FN4O2S/c1-15-11-21-16(13-23-26(21)18-8-6-17(22)7-9-18)12-20(15)25-10-4-5-19(14-25)24(2)29(3,27)28/h6-9,11-13,19H,4-5,10,14H2,1-3H3. The lowest BCUT2D eigenvalue weighted by molar-refractivity contribution is 0.322. The molecule has 3 aromatic rings. The van der Waals surface area contributed by atoms with Crippen LogP contribution in [-0.2, 0) is 10.0 Å². The van der Waals surface area contributed by atoms with Gasteiger partial charge in [-0.3, -0.25) is 0 Å². The SMILES string of the molecule is Cc1cc2c(cnn2-c2ccc(F)cc2)cc1N1CCCC(N(C)S(C)(=O)=O)C1. The van der Waals surface area contributed by atoms with Crippen LogP contribution in [0.4, 0.5) is 10.1 Å². The number of likely N-dealkylation sites (N-methyl/N-ethyl adjacent to an activating group) is 1. The number of piperidine rings is 1. The highest BCUT2D eigenvalue weighted by Crippen LogP contribution is 2.31. The van der Waals surface area contributed by atoms with Crippen molar-refractivity contribution in [2.75, 3.05) is 31.3 Å². The molecule has 1 atom stereocenters. The van der Waals surface area contributed by atoms with Crippen molar-refractivity contribution in [2.45, 2.75) is 25.8 Å². The summed E-state index contributed by atoms with van der Waals surface area (Å²) in [5.74, 6) is -0.276. The van der Waals surface area contributed by atoms with Crippen molar-refractivity contribution < 1.29 is 12.8 Å². The number of rotatable bonds is 4. The molecule has 6 nitrogen and oxygen atoms in total. The normalized spacial score (nSPS) is 18.0. The summed E-state index contributed by atoms with van der Waals surface area (Å²) in [5.41, 5.74) is 3.97. The molecule has 1 aromatic heterocycles. The zero-order chi connectivity index (χ0) is 20.8. The quantitative estimate of drug-likeness (QED) is 0.655. The Hall–Kier alpha value is -2.45. The van der Waals surface area contributed by atoms with E-state index in [0.29, 0.717) is 6.54 Å². The molecule has 1 unspecified atom stereocenters. The Kier molecular flexibility index (Phi) is 5.08. The summed E-state index contributed by atoms with van der Waals surface area (Å²) >= 11 is 0. The maximum Gasteiger partial charge on any atom is 0.211 e. The van der Waals surface area contributed by atoms with Gasteiger partial charge in [0.25, 0.3) is 0 Å². The summed E-state index contributed by atoms with van der Waals surface area (Å²) in [7, 11) is -1.56. The minimum absolute atomic E-state index is 0.0317. The van der Waals surface area contributed by atoms with Crippen molar-refractivity contribution in [1.82, 2.24) is 14.1 Å². The smallest absolute Gasteiger partial charge is 0.211 e. The van der Waals surface area contributed by atoms with E-state index in [1.807, 2.05) is 10.9 Å². The van der Waals surface area contributed by atoms with Crippen LogP contribution in [0.15, 0.2) is 42.6 Å². The largest absolute Gasteiger partial charge is 0.370 e. The molecule has 0 amide bonds. The van der Waals surface area contributed by atoms with Crippen LogP contribution in [0.25, 0.3) is 16.6 Å². The van der Waals surface area contributed by atoms with Gasteiger partial charge in [-0.15, -0.1) is 0 Å². The number of hydrogen-bond acceptors (Lipinski definition) is 4. The number of anilines is 1. The first-order valence-corrected chi connectivity index (χ1v) is 11.5. The molecule has 0 saturated carbocycles. The minimum atomic E-state index is -3.22. The third-order valence-corrected chi connectivity index (χ3v) is 7.08. The fourth-order valence-corrected chi connectivity index (χ4v) is 4.75. The molecule has 2 aromatic carbocycles. The van der Waals surface area contributed by atoms with Crippen molar-refractivity contribution >= 4 is 26.6 Å². The van der Waals surface area contributed by atoms with E-state index in [4.69, 9.17) is 0 Å². The Labute approximate surface area is 170 Å². The number of sulfonamides is 1. The molecule has 2 heterocycles. The van der Waals surface area contributed by atoms with Crippen molar-refractivity contribution in [3.8, 4) is 5.69 Å². The molecule has 1 saturated heterocycles. The summed E-state index contributed by atoms with van der Waals surface area (Å²) in [6.07, 6.45) is 4.87. The Morgan fingerprint density at radius 3 is 2.62 bits per heavy atom. The Morgan fingerprint density at radius 2 is 1.93 bits per heavy atom. The number of fused-ring (bicyclic) bond motifs is 1. The molecular weight excluding hydrogens is 391 g/mol. The van der Waals surface area contributed by atoms with Crippen LogP contribution in [0.3, 0.4) is 0 Å². The highest BCUT2D eigenvalue weighted by molar-refractivity contribution is 7.88. The molecule has 4 rings (SSSR count). The molecule has 29 heavy (non-hydrogen) atoms. The maximum atomic E-state index is 13.3. The lowest BCUT2D eigenvalue weighted by atomic mass is 10.0. The predicted octanol–water partition coefficient (Wildman–Crippen LogP) is 3.33. The molecule has 0 radical (unpaired) electrons. The van der Waals surface area contributed by atoms with Gasteiger partial charge in [0.15, 0.2) is 0 Å². The van der Waals surface area contributed by atoms with E-state index in [1.54, 1.807) is 19.2 Å². The average molecular weight is 417 g/mol. The van der Waals surface area contributed by atoms with Gasteiger partial charge in [0.1, 0.15) is 5.82 Å². The second kappa shape index (κ2) is 7.42. The molecular formula is C21H25FN4O2S. The fourth-order valence-electron chi connectivity index (χ4n) is 4.04. The fraction of sp³-hybridized carbons (Fsp3) is 0.381. The van der Waals surface area contributed by atoms with Crippen LogP contribution in [0, 0.1) is 12.7 Å². The van der Waals surface area contributed by atoms with E-state index in [-0.39, 0.29) is 11.9 Å². The second-order valence-electron chi connectivity index (χ2n) is 7.75. The molecule has 1 aliphatic rings. The Bertz CT molecular complexity index is 1140. The third kappa shape index (κ3) is 3.86. The van der Waals surface area contributed by atoms with Gasteiger partial charge in [0, 0.05) is 37.3 Å². The molecule has 8 heteroatoms. The van der Waals surface area contributed by atoms with Gasteiger partial charge in [-0.05, 0) is 61.7 Å². The van der Waals surface area contributed by atoms with Gasteiger partial charge in [0.05, 0.1) is 23.7 Å². The van der Waals surface area contributed by atoms with E-state index in [1.165, 1.54) is 22.7 Å². The van der Waals surface area contributed by atoms with E-state index < -0.39 is 10.0 Å². The molecule has 0 bridgehead atoms. The van der Waals surface area contributed by atoms with Crippen LogP contribution in [0.1, 0.15) is 18.4 Å². The van der Waals surface area contributed by atoms with E-state index in [0.717, 1.165) is 47.2 Å². The zero-order valence-electron chi connectivity index (χ0n) is 16.8. The predicted molar refractivity (Wildman–Crippen MR) is 114 cm³/mol. The number of aromatic nitrogens is 2. The molecule has 1 aliphatic heterocycles. The number of aryl methyl sites for hydroxylation is 1. The Morgan fingerprint density at radius 1 is 1.21 bits per heavy atom. The minimum Gasteiger partial charge on any atom is -0.370 e. The third-order valence-electron chi connectivity index (χ3n) is 5.73.